The zero-order valence-electron chi connectivity index (χ0n) is 6.06. The Morgan fingerprint density at radius 1 is 1.15 bits per heavy atom. The highest BCUT2D eigenvalue weighted by atomic mass is 35.5. The first-order valence-corrected chi connectivity index (χ1v) is 4.60. The van der Waals surface area contributed by atoms with Crippen LogP contribution in [-0.4, -0.2) is 10.4 Å². The fraction of sp³-hybridized carbons (Fsp3) is 0. The van der Waals surface area contributed by atoms with Gasteiger partial charge in [0.25, 0.3) is 0 Å². The Balaban J connectivity index is 3.42. The highest BCUT2D eigenvalue weighted by molar-refractivity contribution is 6.71. The van der Waals surface area contributed by atoms with Crippen LogP contribution >= 0.6 is 46.4 Å². The third kappa shape index (κ3) is 2.20. The summed E-state index contributed by atoms with van der Waals surface area (Å²) in [5.74, 6) is 0. The minimum absolute atomic E-state index is 0.164. The molecule has 0 atom stereocenters. The SMILES string of the molecule is O/N=C(\Cl)c1c(Cl)ccc(Cl)c1Cl. The molecule has 1 N–H and O–H groups in total. The lowest BCUT2D eigenvalue weighted by Crippen LogP contribution is -1.94. The molecule has 2 nitrogen and oxygen atoms in total. The first-order chi connectivity index (χ1) is 6.07. The van der Waals surface area contributed by atoms with Crippen LogP contribution in [0, 0.1) is 0 Å². The molecule has 0 aromatic heterocycles. The van der Waals surface area contributed by atoms with Crippen LogP contribution in [0.25, 0.3) is 0 Å². The van der Waals surface area contributed by atoms with Gasteiger partial charge in [-0.1, -0.05) is 51.6 Å². The fourth-order valence-electron chi connectivity index (χ4n) is 0.766. The number of hydrogen-bond donors (Lipinski definition) is 1. The normalized spacial score (nSPS) is 11.8. The van der Waals surface area contributed by atoms with Gasteiger partial charge >= 0.3 is 0 Å². The first kappa shape index (κ1) is 10.9. The van der Waals surface area contributed by atoms with E-state index in [9.17, 15) is 0 Å². The molecular weight excluding hydrogens is 256 g/mol. The second-order valence-electron chi connectivity index (χ2n) is 2.11. The molecule has 0 spiro atoms. The number of benzene rings is 1. The molecule has 0 unspecified atom stereocenters. The number of halogens is 4. The zero-order chi connectivity index (χ0) is 10.0. The maximum absolute atomic E-state index is 8.42. The lowest BCUT2D eigenvalue weighted by atomic mass is 10.2. The van der Waals surface area contributed by atoms with Crippen molar-refractivity contribution < 1.29 is 5.21 Å². The maximum Gasteiger partial charge on any atom is 0.178 e. The van der Waals surface area contributed by atoms with E-state index >= 15 is 0 Å². The molecule has 0 saturated carbocycles. The van der Waals surface area contributed by atoms with Crippen LogP contribution in [0.15, 0.2) is 17.3 Å². The van der Waals surface area contributed by atoms with Gasteiger partial charge in [0.15, 0.2) is 5.17 Å². The fourth-order valence-corrected chi connectivity index (χ4v) is 1.77. The Kier molecular flexibility index (Phi) is 3.68. The molecule has 1 aromatic rings. The van der Waals surface area contributed by atoms with Gasteiger partial charge in [-0.25, -0.2) is 0 Å². The molecule has 0 aliphatic carbocycles. The van der Waals surface area contributed by atoms with Crippen LogP contribution in [0.3, 0.4) is 0 Å². The van der Waals surface area contributed by atoms with Crippen molar-refractivity contribution >= 4 is 51.6 Å². The molecule has 0 amide bonds. The molecule has 0 aliphatic rings. The lowest BCUT2D eigenvalue weighted by molar-refractivity contribution is 0.321. The molecule has 0 bridgehead atoms. The molecule has 0 heterocycles. The Labute approximate surface area is 94.7 Å². The van der Waals surface area contributed by atoms with Crippen molar-refractivity contribution in [2.24, 2.45) is 5.16 Å². The summed E-state index contributed by atoms with van der Waals surface area (Å²) in [4.78, 5) is 0. The smallest absolute Gasteiger partial charge is 0.178 e. The monoisotopic (exact) mass is 257 g/mol. The predicted octanol–water partition coefficient (Wildman–Crippen LogP) is 4.02. The number of nitrogens with zero attached hydrogens (tertiary/aromatic N) is 1. The maximum atomic E-state index is 8.42. The summed E-state index contributed by atoms with van der Waals surface area (Å²) >= 11 is 22.8. The van der Waals surface area contributed by atoms with Gasteiger partial charge in [-0.2, -0.15) is 0 Å². The molecule has 1 rings (SSSR count). The molecule has 0 saturated heterocycles. The van der Waals surface area contributed by atoms with Crippen LogP contribution in [0.1, 0.15) is 5.56 Å². The van der Waals surface area contributed by atoms with Crippen molar-refractivity contribution in [2.75, 3.05) is 0 Å². The Morgan fingerprint density at radius 3 is 2.23 bits per heavy atom. The van der Waals surface area contributed by atoms with Crippen molar-refractivity contribution in [3.05, 3.63) is 32.8 Å². The van der Waals surface area contributed by atoms with E-state index in [1.54, 1.807) is 0 Å². The second kappa shape index (κ2) is 4.38. The largest absolute Gasteiger partial charge is 0.410 e. The number of rotatable bonds is 1. The van der Waals surface area contributed by atoms with E-state index < -0.39 is 0 Å². The average Bonchev–Trinajstić information content (AvgIpc) is 2.12. The summed E-state index contributed by atoms with van der Waals surface area (Å²) < 4.78 is 0. The highest BCUT2D eigenvalue weighted by Crippen LogP contribution is 2.32. The highest BCUT2D eigenvalue weighted by Gasteiger charge is 2.13. The van der Waals surface area contributed by atoms with Crippen LogP contribution in [0.4, 0.5) is 0 Å². The van der Waals surface area contributed by atoms with Gasteiger partial charge in [0.2, 0.25) is 0 Å². The van der Waals surface area contributed by atoms with E-state index in [2.05, 4.69) is 5.16 Å². The molecule has 6 heteroatoms. The molecule has 0 fully saturated rings. The standard InChI is InChI=1S/C7H3Cl4NO/c8-3-1-2-4(9)6(10)5(3)7(11)12-13/h1-2,13H/b12-7-. The predicted molar refractivity (Wildman–Crippen MR) is 55.6 cm³/mol. The molecular formula is C7H3Cl4NO. The van der Waals surface area contributed by atoms with Crippen LogP contribution < -0.4 is 0 Å². The topological polar surface area (TPSA) is 32.6 Å². The minimum atomic E-state index is -0.197. The Hall–Kier alpha value is -0.150. The van der Waals surface area contributed by atoms with Crippen LogP contribution in [-0.2, 0) is 0 Å². The van der Waals surface area contributed by atoms with Gasteiger partial charge in [0.1, 0.15) is 0 Å². The van der Waals surface area contributed by atoms with Gasteiger partial charge < -0.3 is 5.21 Å². The van der Waals surface area contributed by atoms with Gasteiger partial charge in [0.05, 0.1) is 20.6 Å². The molecule has 70 valence electrons. The summed E-state index contributed by atoms with van der Waals surface area (Å²) in [5.41, 5.74) is 0.222. The summed E-state index contributed by atoms with van der Waals surface area (Å²) in [5, 5.41) is 11.7. The van der Waals surface area contributed by atoms with Crippen molar-refractivity contribution in [3.63, 3.8) is 0 Å². The van der Waals surface area contributed by atoms with E-state index in [1.807, 2.05) is 0 Å². The van der Waals surface area contributed by atoms with Gasteiger partial charge in [0, 0.05) is 0 Å². The summed E-state index contributed by atoms with van der Waals surface area (Å²) in [6.07, 6.45) is 0. The van der Waals surface area contributed by atoms with Gasteiger partial charge in [-0.3, -0.25) is 0 Å². The van der Waals surface area contributed by atoms with Crippen molar-refractivity contribution in [3.8, 4) is 0 Å². The van der Waals surface area contributed by atoms with E-state index in [0.717, 1.165) is 0 Å². The summed E-state index contributed by atoms with van der Waals surface area (Å²) in [6, 6.07) is 3.04. The quantitative estimate of drug-likeness (QED) is 0.351. The Morgan fingerprint density at radius 2 is 1.69 bits per heavy atom. The van der Waals surface area contributed by atoms with Crippen molar-refractivity contribution in [2.45, 2.75) is 0 Å². The molecule has 13 heavy (non-hydrogen) atoms. The first-order valence-electron chi connectivity index (χ1n) is 3.09. The van der Waals surface area contributed by atoms with E-state index in [0.29, 0.717) is 5.02 Å². The van der Waals surface area contributed by atoms with Crippen LogP contribution in [0.5, 0.6) is 0 Å². The lowest BCUT2D eigenvalue weighted by Gasteiger charge is -2.04. The summed E-state index contributed by atoms with van der Waals surface area (Å²) in [6.45, 7) is 0. The Bertz CT molecular complexity index is 364. The van der Waals surface area contributed by atoms with Crippen LogP contribution in [0.2, 0.25) is 15.1 Å². The van der Waals surface area contributed by atoms with E-state index in [-0.39, 0.29) is 20.8 Å². The summed E-state index contributed by atoms with van der Waals surface area (Å²) in [7, 11) is 0. The third-order valence-corrected chi connectivity index (χ3v) is 2.72. The second-order valence-corrected chi connectivity index (χ2v) is 3.66. The van der Waals surface area contributed by atoms with Crippen molar-refractivity contribution in [1.29, 1.82) is 0 Å². The minimum Gasteiger partial charge on any atom is -0.410 e. The molecule has 0 aliphatic heterocycles. The third-order valence-electron chi connectivity index (χ3n) is 1.34. The van der Waals surface area contributed by atoms with Gasteiger partial charge in [-0.15, -0.1) is 0 Å². The number of oxime groups is 1. The molecule has 1 aromatic carbocycles. The zero-order valence-corrected chi connectivity index (χ0v) is 9.08. The molecule has 0 radical (unpaired) electrons. The van der Waals surface area contributed by atoms with Crippen molar-refractivity contribution in [1.82, 2.24) is 0 Å². The van der Waals surface area contributed by atoms with Gasteiger partial charge in [-0.05, 0) is 12.1 Å². The van der Waals surface area contributed by atoms with E-state index in [4.69, 9.17) is 51.6 Å². The average molecular weight is 259 g/mol. The van der Waals surface area contributed by atoms with E-state index in [1.165, 1.54) is 12.1 Å². The number of hydrogen-bond acceptors (Lipinski definition) is 2.